The molecule has 0 spiro atoms. The van der Waals surface area contributed by atoms with Crippen LogP contribution in [0.25, 0.3) is 16.9 Å². The zero-order valence-electron chi connectivity index (χ0n) is 10.2. The molecule has 0 aliphatic rings. The van der Waals surface area contributed by atoms with E-state index >= 15 is 0 Å². The molecule has 0 atom stereocenters. The fraction of sp³-hybridized carbons (Fsp3) is 0.0714. The number of halogens is 2. The predicted molar refractivity (Wildman–Crippen MR) is 69.7 cm³/mol. The first-order valence-corrected chi connectivity index (χ1v) is 5.75. The van der Waals surface area contributed by atoms with Crippen LogP contribution in [0, 0.1) is 18.6 Å². The highest BCUT2D eigenvalue weighted by Gasteiger charge is 2.12. The Labute approximate surface area is 108 Å². The van der Waals surface area contributed by atoms with Crippen molar-refractivity contribution in [2.75, 3.05) is 5.73 Å². The molecule has 3 rings (SSSR count). The van der Waals surface area contributed by atoms with Gasteiger partial charge in [-0.25, -0.2) is 13.8 Å². The average molecular weight is 259 g/mol. The highest BCUT2D eigenvalue weighted by atomic mass is 19.1. The Hall–Kier alpha value is -2.43. The SMILES string of the molecule is Cc1cc(F)c(-c2cn3cc(N)ccc3n2)cc1F. The Morgan fingerprint density at radius 3 is 2.68 bits per heavy atom. The molecule has 0 saturated carbocycles. The summed E-state index contributed by atoms with van der Waals surface area (Å²) >= 11 is 0. The summed E-state index contributed by atoms with van der Waals surface area (Å²) in [5.41, 5.74) is 7.66. The molecule has 0 bridgehead atoms. The summed E-state index contributed by atoms with van der Waals surface area (Å²) in [6.45, 7) is 1.52. The number of pyridine rings is 1. The number of fused-ring (bicyclic) bond motifs is 1. The van der Waals surface area contributed by atoms with E-state index in [2.05, 4.69) is 4.98 Å². The van der Waals surface area contributed by atoms with Gasteiger partial charge < -0.3 is 10.1 Å². The third-order valence-corrected chi connectivity index (χ3v) is 3.00. The average Bonchev–Trinajstić information content (AvgIpc) is 2.76. The van der Waals surface area contributed by atoms with Crippen LogP contribution in [0.15, 0.2) is 36.7 Å². The number of nitrogen functional groups attached to an aromatic ring is 1. The van der Waals surface area contributed by atoms with Crippen molar-refractivity contribution < 1.29 is 8.78 Å². The molecule has 1 aromatic carbocycles. The summed E-state index contributed by atoms with van der Waals surface area (Å²) < 4.78 is 29.1. The van der Waals surface area contributed by atoms with Gasteiger partial charge in [0.2, 0.25) is 0 Å². The lowest BCUT2D eigenvalue weighted by Crippen LogP contribution is -1.90. The zero-order chi connectivity index (χ0) is 13.6. The van der Waals surface area contributed by atoms with Crippen molar-refractivity contribution >= 4 is 11.3 Å². The molecule has 0 amide bonds. The van der Waals surface area contributed by atoms with Gasteiger partial charge in [0.25, 0.3) is 0 Å². The predicted octanol–water partition coefficient (Wildman–Crippen LogP) is 3.17. The van der Waals surface area contributed by atoms with Gasteiger partial charge in [-0.3, -0.25) is 0 Å². The van der Waals surface area contributed by atoms with Crippen molar-refractivity contribution in [3.05, 3.63) is 53.9 Å². The summed E-state index contributed by atoms with van der Waals surface area (Å²) in [6.07, 6.45) is 3.30. The molecule has 2 aromatic heterocycles. The second kappa shape index (κ2) is 4.05. The lowest BCUT2D eigenvalue weighted by molar-refractivity contribution is 0.595. The molecular weight excluding hydrogens is 248 g/mol. The Bertz CT molecular complexity index is 778. The number of anilines is 1. The van der Waals surface area contributed by atoms with Crippen molar-refractivity contribution in [3.63, 3.8) is 0 Å². The van der Waals surface area contributed by atoms with E-state index in [0.717, 1.165) is 6.07 Å². The third-order valence-electron chi connectivity index (χ3n) is 3.00. The summed E-state index contributed by atoms with van der Waals surface area (Å²) in [4.78, 5) is 4.26. The Kier molecular flexibility index (Phi) is 2.48. The first-order valence-electron chi connectivity index (χ1n) is 5.75. The summed E-state index contributed by atoms with van der Waals surface area (Å²) in [7, 11) is 0. The Morgan fingerprint density at radius 2 is 1.89 bits per heavy atom. The molecule has 2 N–H and O–H groups in total. The minimum Gasteiger partial charge on any atom is -0.398 e. The molecule has 0 aliphatic carbocycles. The van der Waals surface area contributed by atoms with E-state index in [1.807, 2.05) is 0 Å². The van der Waals surface area contributed by atoms with Crippen LogP contribution in [0.4, 0.5) is 14.5 Å². The highest BCUT2D eigenvalue weighted by Crippen LogP contribution is 2.25. The summed E-state index contributed by atoms with van der Waals surface area (Å²) in [5, 5.41) is 0. The normalized spacial score (nSPS) is 11.1. The molecule has 0 unspecified atom stereocenters. The number of hydrogen-bond donors (Lipinski definition) is 1. The topological polar surface area (TPSA) is 43.3 Å². The molecule has 0 saturated heterocycles. The number of nitrogens with two attached hydrogens (primary N) is 1. The van der Waals surface area contributed by atoms with E-state index in [9.17, 15) is 8.78 Å². The standard InChI is InChI=1S/C14H11F2N3/c1-8-4-12(16)10(5-11(8)15)13-7-19-6-9(17)2-3-14(19)18-13/h2-7H,17H2,1H3. The Morgan fingerprint density at radius 1 is 1.11 bits per heavy atom. The van der Waals surface area contributed by atoms with Crippen molar-refractivity contribution in [1.29, 1.82) is 0 Å². The largest absolute Gasteiger partial charge is 0.398 e. The molecule has 0 fully saturated rings. The fourth-order valence-electron chi connectivity index (χ4n) is 1.98. The molecule has 2 heterocycles. The van der Waals surface area contributed by atoms with E-state index in [4.69, 9.17) is 5.73 Å². The molecule has 0 radical (unpaired) electrons. The highest BCUT2D eigenvalue weighted by molar-refractivity contribution is 5.64. The van der Waals surface area contributed by atoms with Crippen LogP contribution < -0.4 is 5.73 Å². The van der Waals surface area contributed by atoms with Gasteiger partial charge in [0.15, 0.2) is 0 Å². The van der Waals surface area contributed by atoms with Crippen LogP contribution in [-0.2, 0) is 0 Å². The van der Waals surface area contributed by atoms with Crippen LogP contribution in [0.2, 0.25) is 0 Å². The second-order valence-corrected chi connectivity index (χ2v) is 4.44. The van der Waals surface area contributed by atoms with Crippen molar-refractivity contribution in [2.45, 2.75) is 6.92 Å². The van der Waals surface area contributed by atoms with Gasteiger partial charge in [-0.1, -0.05) is 0 Å². The fourth-order valence-corrected chi connectivity index (χ4v) is 1.98. The second-order valence-electron chi connectivity index (χ2n) is 4.44. The number of aromatic nitrogens is 2. The van der Waals surface area contributed by atoms with Crippen LogP contribution in [0.1, 0.15) is 5.56 Å². The number of nitrogens with zero attached hydrogens (tertiary/aromatic N) is 2. The molecule has 3 aromatic rings. The monoisotopic (exact) mass is 259 g/mol. The number of benzene rings is 1. The van der Waals surface area contributed by atoms with Crippen molar-refractivity contribution in [2.24, 2.45) is 0 Å². The maximum absolute atomic E-state index is 13.9. The lowest BCUT2D eigenvalue weighted by atomic mass is 10.1. The van der Waals surface area contributed by atoms with Crippen LogP contribution in [0.5, 0.6) is 0 Å². The number of aryl methyl sites for hydroxylation is 1. The van der Waals surface area contributed by atoms with Gasteiger partial charge in [0.1, 0.15) is 17.3 Å². The van der Waals surface area contributed by atoms with E-state index in [0.29, 0.717) is 17.0 Å². The minimum absolute atomic E-state index is 0.144. The van der Waals surface area contributed by atoms with Gasteiger partial charge in [0, 0.05) is 23.6 Å². The summed E-state index contributed by atoms with van der Waals surface area (Å²) in [6, 6.07) is 5.76. The van der Waals surface area contributed by atoms with E-state index in [1.165, 1.54) is 13.0 Å². The van der Waals surface area contributed by atoms with Crippen LogP contribution >= 0.6 is 0 Å². The minimum atomic E-state index is -0.490. The number of imidazole rings is 1. The molecule has 19 heavy (non-hydrogen) atoms. The molecule has 5 heteroatoms. The lowest BCUT2D eigenvalue weighted by Gasteiger charge is -2.02. The maximum Gasteiger partial charge on any atom is 0.137 e. The quantitative estimate of drug-likeness (QED) is 0.729. The first-order chi connectivity index (χ1) is 9.04. The van der Waals surface area contributed by atoms with Crippen LogP contribution in [-0.4, -0.2) is 9.38 Å². The van der Waals surface area contributed by atoms with Gasteiger partial charge >= 0.3 is 0 Å². The molecular formula is C14H11F2N3. The van der Waals surface area contributed by atoms with E-state index in [1.54, 1.807) is 28.9 Å². The van der Waals surface area contributed by atoms with E-state index in [-0.39, 0.29) is 11.1 Å². The first kappa shape index (κ1) is 11.6. The number of rotatable bonds is 1. The van der Waals surface area contributed by atoms with Gasteiger partial charge in [0.05, 0.1) is 5.69 Å². The smallest absolute Gasteiger partial charge is 0.137 e. The van der Waals surface area contributed by atoms with E-state index < -0.39 is 11.6 Å². The summed E-state index contributed by atoms with van der Waals surface area (Å²) in [5.74, 6) is -0.941. The molecule has 0 aliphatic heterocycles. The van der Waals surface area contributed by atoms with Crippen molar-refractivity contribution in [1.82, 2.24) is 9.38 Å². The molecule has 96 valence electrons. The number of hydrogen-bond acceptors (Lipinski definition) is 2. The van der Waals surface area contributed by atoms with Crippen LogP contribution in [0.3, 0.4) is 0 Å². The van der Waals surface area contributed by atoms with Crippen molar-refractivity contribution in [3.8, 4) is 11.3 Å². The third kappa shape index (κ3) is 1.93. The molecule has 3 nitrogen and oxygen atoms in total. The Balaban J connectivity index is 2.21. The van der Waals surface area contributed by atoms with Gasteiger partial charge in [-0.2, -0.15) is 0 Å². The zero-order valence-corrected chi connectivity index (χ0v) is 10.2. The van der Waals surface area contributed by atoms with Gasteiger partial charge in [-0.15, -0.1) is 0 Å². The maximum atomic E-state index is 13.9. The van der Waals surface area contributed by atoms with Gasteiger partial charge in [-0.05, 0) is 36.8 Å².